The summed E-state index contributed by atoms with van der Waals surface area (Å²) in [6.45, 7) is 13.1. The number of esters is 2. The Kier molecular flexibility index (Phi) is 17.9. The number of carbonyl (C=O) groups excluding carboxylic acids is 6. The Bertz CT molecular complexity index is 2430. The van der Waals surface area contributed by atoms with Crippen LogP contribution in [-0.2, 0) is 61.0 Å². The van der Waals surface area contributed by atoms with Gasteiger partial charge in [-0.25, -0.2) is 13.2 Å². The largest absolute Gasteiger partial charge is 0.460 e. The van der Waals surface area contributed by atoms with Crippen LogP contribution in [0.3, 0.4) is 0 Å². The monoisotopic (exact) mass is 913 g/mol. The molecular weight excluding hydrogens is 855 g/mol. The summed E-state index contributed by atoms with van der Waals surface area (Å²) < 4.78 is 42.6. The molecule has 65 heavy (non-hydrogen) atoms. The Labute approximate surface area is 380 Å². The van der Waals surface area contributed by atoms with Crippen LogP contribution < -0.4 is 21.3 Å². The van der Waals surface area contributed by atoms with Crippen molar-refractivity contribution in [2.75, 3.05) is 0 Å². The number of nitrogens with one attached hydrogen (secondary N) is 4. The van der Waals surface area contributed by atoms with Gasteiger partial charge < -0.3 is 35.5 Å². The molecule has 348 valence electrons. The third-order valence-corrected chi connectivity index (χ3v) is 10.7. The van der Waals surface area contributed by atoms with Crippen molar-refractivity contribution in [1.82, 2.24) is 26.3 Å². The topological polar surface area (TPSA) is 225 Å². The molecule has 0 aliphatic carbocycles. The molecule has 1 aromatic heterocycles. The zero-order chi connectivity index (χ0) is 48.0. The quantitative estimate of drug-likeness (QED) is 0.0663. The average Bonchev–Trinajstić information content (AvgIpc) is 3.22. The first-order valence-electron chi connectivity index (χ1n) is 21.1. The summed E-state index contributed by atoms with van der Waals surface area (Å²) in [7, 11) is -3.99. The summed E-state index contributed by atoms with van der Waals surface area (Å²) in [4.78, 5) is 86.4. The van der Waals surface area contributed by atoms with E-state index in [1.807, 2.05) is 12.1 Å². The highest BCUT2D eigenvalue weighted by molar-refractivity contribution is 7.94. The number of carbonyl (C=O) groups is 6. The fraction of sp³-hybridized carbons (Fsp3) is 0.396. The van der Waals surface area contributed by atoms with Crippen molar-refractivity contribution in [3.8, 4) is 0 Å². The summed E-state index contributed by atoms with van der Waals surface area (Å²) in [5.41, 5.74) is -0.151. The van der Waals surface area contributed by atoms with Crippen molar-refractivity contribution < 1.29 is 51.4 Å². The van der Waals surface area contributed by atoms with Crippen molar-refractivity contribution in [2.45, 2.75) is 122 Å². The normalized spacial score (nSPS) is 13.8. The average molecular weight is 914 g/mol. The second-order valence-corrected chi connectivity index (χ2v) is 19.5. The Morgan fingerprint density at radius 1 is 0.646 bits per heavy atom. The molecule has 0 aliphatic heterocycles. The van der Waals surface area contributed by atoms with E-state index in [0.717, 1.165) is 10.8 Å². The van der Waals surface area contributed by atoms with Crippen molar-refractivity contribution in [2.24, 2.45) is 5.92 Å². The number of aromatic nitrogens is 1. The fourth-order valence-electron chi connectivity index (χ4n) is 6.26. The van der Waals surface area contributed by atoms with E-state index >= 15 is 0 Å². The lowest BCUT2D eigenvalue weighted by molar-refractivity contribution is -0.157. The highest BCUT2D eigenvalue weighted by Gasteiger charge is 2.34. The van der Waals surface area contributed by atoms with E-state index < -0.39 is 99.7 Å². The number of nitrogens with zero attached hydrogens (tertiary/aromatic N) is 1. The molecule has 17 heteroatoms. The molecular formula is C48H59N5O11S. The number of pyridine rings is 1. The minimum Gasteiger partial charge on any atom is -0.460 e. The molecule has 4 atom stereocenters. The van der Waals surface area contributed by atoms with Gasteiger partial charge >= 0.3 is 18.0 Å². The predicted octanol–water partition coefficient (Wildman–Crippen LogP) is 5.63. The van der Waals surface area contributed by atoms with E-state index in [9.17, 15) is 37.2 Å². The highest BCUT2D eigenvalue weighted by atomic mass is 32.2. The molecule has 0 saturated carbocycles. The second kappa shape index (κ2) is 22.8. The van der Waals surface area contributed by atoms with E-state index in [4.69, 9.17) is 14.2 Å². The third kappa shape index (κ3) is 17.5. The number of rotatable bonds is 19. The second-order valence-electron chi connectivity index (χ2n) is 17.6. The molecule has 4 aromatic rings. The predicted molar refractivity (Wildman–Crippen MR) is 243 cm³/mol. The van der Waals surface area contributed by atoms with E-state index in [-0.39, 0.29) is 17.9 Å². The molecule has 0 spiro atoms. The molecule has 0 aliphatic rings. The van der Waals surface area contributed by atoms with Gasteiger partial charge in [-0.3, -0.25) is 29.0 Å². The standard InChI is InChI=1S/C48H59N5O11S/c1-31(2)42(45(58)50-35(28-40(54)63-47(3,4)5)25-26-65(60,61)36-20-13-10-14-21-36)53-44(57)38(27-34-24-23-33-19-15-16-22-37(33)49-34)51-43(56)39(29-41(55)64-48(6,7)8)52-46(59)62-30-32-17-11-9-12-18-32/h9-26,31,35,38-39,42H,27-30H2,1-8H3,(H,50,58)(H,51,56)(H,52,59)(H,53,57)/b26-25+/t35-,38+,39+,42+/m1/s1. The van der Waals surface area contributed by atoms with Crippen molar-refractivity contribution in [1.29, 1.82) is 0 Å². The number of para-hydroxylation sites is 1. The summed E-state index contributed by atoms with van der Waals surface area (Å²) >= 11 is 0. The molecule has 3 aromatic carbocycles. The van der Waals surface area contributed by atoms with Gasteiger partial charge in [-0.05, 0) is 83.4 Å². The molecule has 0 unspecified atom stereocenters. The lowest BCUT2D eigenvalue weighted by Crippen LogP contribution is -2.59. The van der Waals surface area contributed by atoms with Crippen LogP contribution in [0.1, 0.15) is 79.5 Å². The molecule has 1 heterocycles. The molecule has 4 amide bonds. The van der Waals surface area contributed by atoms with Crippen molar-refractivity contribution in [3.63, 3.8) is 0 Å². The summed E-state index contributed by atoms with van der Waals surface area (Å²) in [5.74, 6) is -4.69. The van der Waals surface area contributed by atoms with Crippen LogP contribution in [-0.4, -0.2) is 84.5 Å². The van der Waals surface area contributed by atoms with Crippen LogP contribution in [0.15, 0.2) is 113 Å². The lowest BCUT2D eigenvalue weighted by atomic mass is 10.0. The van der Waals surface area contributed by atoms with E-state index in [1.54, 1.807) is 128 Å². The number of hydrogen-bond donors (Lipinski definition) is 4. The SMILES string of the molecule is CC(C)[C@H](NC(=O)[C@H](Cc1ccc2ccccc2n1)NC(=O)[C@H](CC(=O)OC(C)(C)C)NC(=O)OCc1ccccc1)C(=O)N[C@H](/C=C/S(=O)(=O)c1ccccc1)CC(=O)OC(C)(C)C. The fourth-order valence-corrected chi connectivity index (χ4v) is 7.35. The first-order valence-corrected chi connectivity index (χ1v) is 22.7. The van der Waals surface area contributed by atoms with Gasteiger partial charge in [-0.15, -0.1) is 0 Å². The van der Waals surface area contributed by atoms with E-state index in [2.05, 4.69) is 26.3 Å². The van der Waals surface area contributed by atoms with E-state index in [1.165, 1.54) is 18.2 Å². The summed E-state index contributed by atoms with van der Waals surface area (Å²) in [6, 6.07) is 21.6. The smallest absolute Gasteiger partial charge is 0.408 e. The molecule has 4 N–H and O–H groups in total. The van der Waals surface area contributed by atoms with Gasteiger partial charge in [0.15, 0.2) is 9.84 Å². The Balaban J connectivity index is 1.64. The number of hydrogen-bond acceptors (Lipinski definition) is 12. The third-order valence-electron chi connectivity index (χ3n) is 9.26. The highest BCUT2D eigenvalue weighted by Crippen LogP contribution is 2.17. The Morgan fingerprint density at radius 2 is 1.22 bits per heavy atom. The maximum Gasteiger partial charge on any atom is 0.408 e. The first-order chi connectivity index (χ1) is 30.5. The van der Waals surface area contributed by atoms with Gasteiger partial charge in [0, 0.05) is 22.9 Å². The van der Waals surface area contributed by atoms with Crippen LogP contribution in [0, 0.1) is 5.92 Å². The van der Waals surface area contributed by atoms with Crippen LogP contribution in [0.4, 0.5) is 4.79 Å². The van der Waals surface area contributed by atoms with Gasteiger partial charge in [-0.1, -0.05) is 86.6 Å². The Morgan fingerprint density at radius 3 is 1.83 bits per heavy atom. The number of benzene rings is 3. The summed E-state index contributed by atoms with van der Waals surface area (Å²) in [6.07, 6.45) is -1.13. The van der Waals surface area contributed by atoms with Gasteiger partial charge in [-0.2, -0.15) is 0 Å². The molecule has 4 rings (SSSR count). The zero-order valence-electron chi connectivity index (χ0n) is 38.0. The summed E-state index contributed by atoms with van der Waals surface area (Å²) in [5, 5.41) is 12.2. The maximum atomic E-state index is 14.4. The van der Waals surface area contributed by atoms with E-state index in [0.29, 0.717) is 16.8 Å². The van der Waals surface area contributed by atoms with Crippen LogP contribution in [0.25, 0.3) is 10.9 Å². The molecule has 0 radical (unpaired) electrons. The van der Waals surface area contributed by atoms with Crippen molar-refractivity contribution >= 4 is 56.5 Å². The minimum atomic E-state index is -3.99. The zero-order valence-corrected chi connectivity index (χ0v) is 38.8. The number of fused-ring (bicyclic) bond motifs is 1. The van der Waals surface area contributed by atoms with Crippen LogP contribution in [0.2, 0.25) is 0 Å². The maximum absolute atomic E-state index is 14.4. The van der Waals surface area contributed by atoms with Gasteiger partial charge in [0.2, 0.25) is 17.7 Å². The van der Waals surface area contributed by atoms with Crippen molar-refractivity contribution in [3.05, 3.63) is 120 Å². The molecule has 16 nitrogen and oxygen atoms in total. The number of alkyl carbamates (subject to hydrolysis) is 1. The number of ether oxygens (including phenoxy) is 3. The lowest BCUT2D eigenvalue weighted by Gasteiger charge is -2.28. The molecule has 0 bridgehead atoms. The van der Waals surface area contributed by atoms with Gasteiger partial charge in [0.05, 0.1) is 29.3 Å². The van der Waals surface area contributed by atoms with Gasteiger partial charge in [0.1, 0.15) is 35.9 Å². The first kappa shape index (κ1) is 51.0. The number of amides is 4. The van der Waals surface area contributed by atoms with Crippen LogP contribution in [0.5, 0.6) is 0 Å². The number of sulfone groups is 1. The Hall–Kier alpha value is -6.62. The molecule has 0 fully saturated rings. The molecule has 0 saturated heterocycles. The van der Waals surface area contributed by atoms with Crippen LogP contribution >= 0.6 is 0 Å². The van der Waals surface area contributed by atoms with Gasteiger partial charge in [0.25, 0.3) is 0 Å². The minimum absolute atomic E-state index is 0.00693.